The molecule has 0 aliphatic heterocycles. The van der Waals surface area contributed by atoms with Crippen LogP contribution in [0.25, 0.3) is 0 Å². The molecule has 0 spiro atoms. The molecule has 0 aliphatic rings. The number of hydrogen-bond acceptors (Lipinski definition) is 3. The maximum atomic E-state index is 10.6. The number of carbonyl (C=O) groups is 1. The number of rotatable bonds is 4. The standard InChI is InChI=1S/C8H15NO3/c1-3-4-8(12)7(5-10)9-6(2)11/h3-4,7-8,10,12H,5H2,1-2H3,(H,9,11)/b4-3+/t7?,8-/m1/s1. The summed E-state index contributed by atoms with van der Waals surface area (Å²) in [4.78, 5) is 10.6. The van der Waals surface area contributed by atoms with Crippen LogP contribution in [0.15, 0.2) is 12.2 Å². The molecule has 1 amide bonds. The predicted molar refractivity (Wildman–Crippen MR) is 45.5 cm³/mol. The molecule has 3 N–H and O–H groups in total. The minimum absolute atomic E-state index is 0.266. The second-order valence-corrected chi connectivity index (χ2v) is 2.51. The van der Waals surface area contributed by atoms with Crippen molar-refractivity contribution in [3.05, 3.63) is 12.2 Å². The van der Waals surface area contributed by atoms with Crippen molar-refractivity contribution in [3.8, 4) is 0 Å². The number of hydrogen-bond donors (Lipinski definition) is 3. The SMILES string of the molecule is C/C=C/[C@@H](O)C(CO)NC(C)=O. The molecule has 0 aromatic carbocycles. The van der Waals surface area contributed by atoms with Crippen LogP contribution in [0.4, 0.5) is 0 Å². The van der Waals surface area contributed by atoms with Crippen molar-refractivity contribution in [1.29, 1.82) is 0 Å². The molecule has 0 radical (unpaired) electrons. The molecule has 0 heterocycles. The van der Waals surface area contributed by atoms with Crippen LogP contribution < -0.4 is 5.32 Å². The van der Waals surface area contributed by atoms with Crippen molar-refractivity contribution in [2.45, 2.75) is 26.0 Å². The lowest BCUT2D eigenvalue weighted by Gasteiger charge is -2.18. The zero-order chi connectivity index (χ0) is 9.56. The second kappa shape index (κ2) is 5.74. The topological polar surface area (TPSA) is 69.6 Å². The number of carbonyl (C=O) groups excluding carboxylic acids is 1. The van der Waals surface area contributed by atoms with Gasteiger partial charge in [-0.05, 0) is 6.92 Å². The Balaban J connectivity index is 4.04. The number of amides is 1. The Bertz CT molecular complexity index is 168. The summed E-state index contributed by atoms with van der Waals surface area (Å²) < 4.78 is 0. The number of aliphatic hydroxyl groups excluding tert-OH is 2. The first kappa shape index (κ1) is 11.1. The van der Waals surface area contributed by atoms with Crippen LogP contribution in [0.5, 0.6) is 0 Å². The number of nitrogens with one attached hydrogen (secondary N) is 1. The van der Waals surface area contributed by atoms with E-state index in [9.17, 15) is 9.90 Å². The molecule has 12 heavy (non-hydrogen) atoms. The van der Waals surface area contributed by atoms with E-state index >= 15 is 0 Å². The van der Waals surface area contributed by atoms with Gasteiger partial charge in [-0.1, -0.05) is 12.2 Å². The summed E-state index contributed by atoms with van der Waals surface area (Å²) in [5, 5.41) is 20.5. The van der Waals surface area contributed by atoms with Crippen molar-refractivity contribution in [3.63, 3.8) is 0 Å². The quantitative estimate of drug-likeness (QED) is 0.498. The van der Waals surface area contributed by atoms with Gasteiger partial charge in [-0.15, -0.1) is 0 Å². The third-order valence-corrected chi connectivity index (χ3v) is 1.39. The normalized spacial score (nSPS) is 16.0. The van der Waals surface area contributed by atoms with Gasteiger partial charge in [-0.3, -0.25) is 4.79 Å². The summed E-state index contributed by atoms with van der Waals surface area (Å²) >= 11 is 0. The predicted octanol–water partition coefficient (Wildman–Crippen LogP) is -0.580. The largest absolute Gasteiger partial charge is 0.394 e. The van der Waals surface area contributed by atoms with Gasteiger partial charge in [0, 0.05) is 6.92 Å². The summed E-state index contributed by atoms with van der Waals surface area (Å²) in [5.41, 5.74) is 0. The van der Waals surface area contributed by atoms with Gasteiger partial charge < -0.3 is 15.5 Å². The molecule has 0 fully saturated rings. The highest BCUT2D eigenvalue weighted by molar-refractivity contribution is 5.73. The van der Waals surface area contributed by atoms with Crippen molar-refractivity contribution in [2.75, 3.05) is 6.61 Å². The lowest BCUT2D eigenvalue weighted by molar-refractivity contribution is -0.120. The highest BCUT2D eigenvalue weighted by atomic mass is 16.3. The Morgan fingerprint density at radius 1 is 1.67 bits per heavy atom. The van der Waals surface area contributed by atoms with E-state index in [1.807, 2.05) is 0 Å². The van der Waals surface area contributed by atoms with E-state index in [1.54, 1.807) is 13.0 Å². The van der Waals surface area contributed by atoms with E-state index in [2.05, 4.69) is 5.32 Å². The fourth-order valence-corrected chi connectivity index (χ4v) is 0.831. The van der Waals surface area contributed by atoms with Gasteiger partial charge in [-0.25, -0.2) is 0 Å². The van der Waals surface area contributed by atoms with Crippen LogP contribution in [0.2, 0.25) is 0 Å². The van der Waals surface area contributed by atoms with Crippen molar-refractivity contribution in [1.82, 2.24) is 5.32 Å². The van der Waals surface area contributed by atoms with Gasteiger partial charge in [0.25, 0.3) is 0 Å². The Hall–Kier alpha value is -0.870. The lowest BCUT2D eigenvalue weighted by atomic mass is 10.1. The average molecular weight is 173 g/mol. The molecule has 70 valence electrons. The van der Waals surface area contributed by atoms with Crippen LogP contribution in [-0.2, 0) is 4.79 Å². The Morgan fingerprint density at radius 2 is 2.25 bits per heavy atom. The monoisotopic (exact) mass is 173 g/mol. The number of allylic oxidation sites excluding steroid dienone is 1. The van der Waals surface area contributed by atoms with Crippen LogP contribution >= 0.6 is 0 Å². The van der Waals surface area contributed by atoms with Crippen molar-refractivity contribution >= 4 is 5.91 Å². The lowest BCUT2D eigenvalue weighted by Crippen LogP contribution is -2.44. The van der Waals surface area contributed by atoms with Crippen LogP contribution in [0.1, 0.15) is 13.8 Å². The Kier molecular flexibility index (Phi) is 5.32. The minimum Gasteiger partial charge on any atom is -0.394 e. The first-order chi connectivity index (χ1) is 5.61. The van der Waals surface area contributed by atoms with Gasteiger partial charge in [0.05, 0.1) is 18.8 Å². The first-order valence-corrected chi connectivity index (χ1v) is 3.80. The van der Waals surface area contributed by atoms with E-state index in [4.69, 9.17) is 5.11 Å². The Labute approximate surface area is 71.9 Å². The molecular weight excluding hydrogens is 158 g/mol. The van der Waals surface area contributed by atoms with Crippen molar-refractivity contribution < 1.29 is 15.0 Å². The molecule has 0 saturated carbocycles. The van der Waals surface area contributed by atoms with E-state index in [-0.39, 0.29) is 12.5 Å². The minimum atomic E-state index is -0.830. The molecule has 4 nitrogen and oxygen atoms in total. The molecule has 0 aliphatic carbocycles. The van der Waals surface area contributed by atoms with E-state index < -0.39 is 12.1 Å². The fourth-order valence-electron chi connectivity index (χ4n) is 0.831. The molecule has 0 saturated heterocycles. The molecule has 2 atom stereocenters. The van der Waals surface area contributed by atoms with Crippen LogP contribution in [0.3, 0.4) is 0 Å². The summed E-state index contributed by atoms with van der Waals surface area (Å²) in [6.45, 7) is 2.82. The van der Waals surface area contributed by atoms with Gasteiger partial charge in [0.1, 0.15) is 0 Å². The van der Waals surface area contributed by atoms with E-state index in [0.717, 1.165) is 0 Å². The highest BCUT2D eigenvalue weighted by Gasteiger charge is 2.15. The summed E-state index contributed by atoms with van der Waals surface area (Å²) in [6, 6.07) is -0.612. The van der Waals surface area contributed by atoms with Crippen molar-refractivity contribution in [2.24, 2.45) is 0 Å². The summed E-state index contributed by atoms with van der Waals surface area (Å²) in [5.74, 6) is -0.266. The third kappa shape index (κ3) is 4.10. The zero-order valence-corrected chi connectivity index (χ0v) is 7.32. The van der Waals surface area contributed by atoms with Gasteiger partial charge in [0.2, 0.25) is 5.91 Å². The maximum Gasteiger partial charge on any atom is 0.217 e. The molecule has 1 unspecified atom stereocenters. The molecule has 0 bridgehead atoms. The number of aliphatic hydroxyl groups is 2. The summed E-state index contributed by atoms with van der Waals surface area (Å²) in [7, 11) is 0. The molecular formula is C8H15NO3. The molecule has 0 aromatic rings. The Morgan fingerprint density at radius 3 is 2.58 bits per heavy atom. The smallest absolute Gasteiger partial charge is 0.217 e. The highest BCUT2D eigenvalue weighted by Crippen LogP contribution is 1.94. The summed E-state index contributed by atoms with van der Waals surface area (Å²) in [6.07, 6.45) is 2.34. The third-order valence-electron chi connectivity index (χ3n) is 1.39. The first-order valence-electron chi connectivity index (χ1n) is 3.80. The van der Waals surface area contributed by atoms with E-state index in [1.165, 1.54) is 13.0 Å². The molecule has 0 aromatic heterocycles. The zero-order valence-electron chi connectivity index (χ0n) is 7.32. The average Bonchev–Trinajstić information content (AvgIpc) is 2.00. The van der Waals surface area contributed by atoms with Gasteiger partial charge >= 0.3 is 0 Å². The fraction of sp³-hybridized carbons (Fsp3) is 0.625. The van der Waals surface area contributed by atoms with Gasteiger partial charge in [0.15, 0.2) is 0 Å². The molecule has 4 heteroatoms. The maximum absolute atomic E-state index is 10.6. The van der Waals surface area contributed by atoms with E-state index in [0.29, 0.717) is 0 Å². The van der Waals surface area contributed by atoms with Crippen LogP contribution in [-0.4, -0.2) is 34.9 Å². The van der Waals surface area contributed by atoms with Crippen LogP contribution in [0, 0.1) is 0 Å². The molecule has 0 rings (SSSR count). The van der Waals surface area contributed by atoms with Gasteiger partial charge in [-0.2, -0.15) is 0 Å². The second-order valence-electron chi connectivity index (χ2n) is 2.51.